The number of nitriles is 1. The molecule has 1 aliphatic carbocycles. The number of ether oxygens (including phenoxy) is 2. The SMILES string of the molecule is COc1ccc(C(=O)Nc2sc3c(c2C#N)CCC3)cc1OC. The Morgan fingerprint density at radius 3 is 2.74 bits per heavy atom. The summed E-state index contributed by atoms with van der Waals surface area (Å²) in [5.74, 6) is 0.800. The summed E-state index contributed by atoms with van der Waals surface area (Å²) < 4.78 is 10.4. The number of rotatable bonds is 4. The van der Waals surface area contributed by atoms with Gasteiger partial charge in [-0.05, 0) is 43.0 Å². The molecule has 0 atom stereocenters. The highest BCUT2D eigenvalue weighted by Gasteiger charge is 2.23. The zero-order chi connectivity index (χ0) is 16.4. The number of nitrogens with one attached hydrogen (secondary N) is 1. The summed E-state index contributed by atoms with van der Waals surface area (Å²) in [4.78, 5) is 13.7. The fourth-order valence-corrected chi connectivity index (χ4v) is 4.00. The lowest BCUT2D eigenvalue weighted by molar-refractivity contribution is 0.102. The van der Waals surface area contributed by atoms with Crippen molar-refractivity contribution in [1.82, 2.24) is 0 Å². The molecule has 0 aliphatic heterocycles. The third-order valence-corrected chi connectivity index (χ3v) is 5.11. The third kappa shape index (κ3) is 2.76. The number of amides is 1. The van der Waals surface area contributed by atoms with E-state index in [4.69, 9.17) is 9.47 Å². The van der Waals surface area contributed by atoms with Crippen molar-refractivity contribution in [3.63, 3.8) is 0 Å². The summed E-state index contributed by atoms with van der Waals surface area (Å²) in [5.41, 5.74) is 2.16. The second-order valence-electron chi connectivity index (χ2n) is 5.20. The summed E-state index contributed by atoms with van der Waals surface area (Å²) >= 11 is 1.50. The van der Waals surface area contributed by atoms with Crippen LogP contribution in [-0.2, 0) is 12.8 Å². The van der Waals surface area contributed by atoms with Crippen molar-refractivity contribution < 1.29 is 14.3 Å². The van der Waals surface area contributed by atoms with Gasteiger partial charge >= 0.3 is 0 Å². The van der Waals surface area contributed by atoms with E-state index in [1.807, 2.05) is 0 Å². The molecule has 1 heterocycles. The van der Waals surface area contributed by atoms with Gasteiger partial charge in [0.05, 0.1) is 19.8 Å². The molecule has 0 bridgehead atoms. The summed E-state index contributed by atoms with van der Waals surface area (Å²) in [7, 11) is 3.07. The van der Waals surface area contributed by atoms with Crippen molar-refractivity contribution >= 4 is 22.2 Å². The second kappa shape index (κ2) is 6.31. The molecule has 1 N–H and O–H groups in total. The number of benzene rings is 1. The molecule has 0 radical (unpaired) electrons. The number of hydrogen-bond donors (Lipinski definition) is 1. The van der Waals surface area contributed by atoms with E-state index in [9.17, 15) is 10.1 Å². The van der Waals surface area contributed by atoms with E-state index in [0.29, 0.717) is 27.6 Å². The molecule has 5 nitrogen and oxygen atoms in total. The monoisotopic (exact) mass is 328 g/mol. The molecule has 0 fully saturated rings. The molecule has 1 aromatic heterocycles. The zero-order valence-corrected chi connectivity index (χ0v) is 13.8. The maximum atomic E-state index is 12.5. The van der Waals surface area contributed by atoms with E-state index in [2.05, 4.69) is 11.4 Å². The van der Waals surface area contributed by atoms with Crippen molar-refractivity contribution in [2.75, 3.05) is 19.5 Å². The second-order valence-corrected chi connectivity index (χ2v) is 6.30. The molecule has 118 valence electrons. The van der Waals surface area contributed by atoms with Crippen LogP contribution in [0.4, 0.5) is 5.00 Å². The van der Waals surface area contributed by atoms with Crippen LogP contribution in [-0.4, -0.2) is 20.1 Å². The number of thiophene rings is 1. The Morgan fingerprint density at radius 1 is 1.26 bits per heavy atom. The lowest BCUT2D eigenvalue weighted by atomic mass is 10.1. The van der Waals surface area contributed by atoms with Crippen LogP contribution in [0, 0.1) is 11.3 Å². The molecule has 0 spiro atoms. The topological polar surface area (TPSA) is 71.3 Å². The fourth-order valence-electron chi connectivity index (χ4n) is 2.76. The maximum absolute atomic E-state index is 12.5. The van der Waals surface area contributed by atoms with E-state index in [1.54, 1.807) is 25.3 Å². The largest absolute Gasteiger partial charge is 0.493 e. The van der Waals surface area contributed by atoms with Gasteiger partial charge in [-0.15, -0.1) is 11.3 Å². The van der Waals surface area contributed by atoms with Crippen LogP contribution in [0.3, 0.4) is 0 Å². The highest BCUT2D eigenvalue weighted by Crippen LogP contribution is 2.39. The maximum Gasteiger partial charge on any atom is 0.256 e. The van der Waals surface area contributed by atoms with E-state index in [1.165, 1.54) is 23.3 Å². The van der Waals surface area contributed by atoms with Crippen molar-refractivity contribution in [2.45, 2.75) is 19.3 Å². The van der Waals surface area contributed by atoms with Gasteiger partial charge in [0.2, 0.25) is 0 Å². The van der Waals surface area contributed by atoms with Crippen LogP contribution < -0.4 is 14.8 Å². The van der Waals surface area contributed by atoms with Crippen LogP contribution in [0.5, 0.6) is 11.5 Å². The van der Waals surface area contributed by atoms with Gasteiger partial charge < -0.3 is 14.8 Å². The number of methoxy groups -OCH3 is 2. The molecule has 1 aromatic carbocycles. The minimum atomic E-state index is -0.262. The van der Waals surface area contributed by atoms with Gasteiger partial charge in [-0.1, -0.05) is 0 Å². The van der Waals surface area contributed by atoms with Gasteiger partial charge in [0.25, 0.3) is 5.91 Å². The van der Waals surface area contributed by atoms with E-state index >= 15 is 0 Å². The normalized spacial score (nSPS) is 12.4. The van der Waals surface area contributed by atoms with Crippen LogP contribution in [0.25, 0.3) is 0 Å². The summed E-state index contributed by atoms with van der Waals surface area (Å²) in [5, 5.41) is 12.9. The first-order valence-corrected chi connectivity index (χ1v) is 8.07. The molecule has 0 saturated heterocycles. The van der Waals surface area contributed by atoms with E-state index in [0.717, 1.165) is 24.8 Å². The quantitative estimate of drug-likeness (QED) is 0.934. The Hall–Kier alpha value is -2.52. The summed E-state index contributed by atoms with van der Waals surface area (Å²) in [6, 6.07) is 7.21. The molecule has 0 saturated carbocycles. The molecule has 2 aromatic rings. The average molecular weight is 328 g/mol. The Kier molecular flexibility index (Phi) is 4.22. The van der Waals surface area contributed by atoms with Crippen molar-refractivity contribution in [1.29, 1.82) is 5.26 Å². The first-order chi connectivity index (χ1) is 11.2. The number of hydrogen-bond acceptors (Lipinski definition) is 5. The molecule has 1 amide bonds. The molecule has 0 unspecified atom stereocenters. The fraction of sp³-hybridized carbons (Fsp3) is 0.294. The molecular weight excluding hydrogens is 312 g/mol. The van der Waals surface area contributed by atoms with E-state index < -0.39 is 0 Å². The van der Waals surface area contributed by atoms with Crippen molar-refractivity contribution in [3.05, 3.63) is 39.8 Å². The van der Waals surface area contributed by atoms with Gasteiger partial charge in [0, 0.05) is 10.4 Å². The average Bonchev–Trinajstić information content (AvgIpc) is 3.14. The van der Waals surface area contributed by atoms with Gasteiger partial charge in [0.1, 0.15) is 11.1 Å². The van der Waals surface area contributed by atoms with Gasteiger partial charge in [-0.3, -0.25) is 4.79 Å². The van der Waals surface area contributed by atoms with Crippen LogP contribution in [0.2, 0.25) is 0 Å². The molecule has 3 rings (SSSR count). The zero-order valence-electron chi connectivity index (χ0n) is 12.9. The molecular formula is C17H16N2O3S. The highest BCUT2D eigenvalue weighted by molar-refractivity contribution is 7.16. The van der Waals surface area contributed by atoms with Crippen LogP contribution in [0.1, 0.15) is 32.8 Å². The highest BCUT2D eigenvalue weighted by atomic mass is 32.1. The summed E-state index contributed by atoms with van der Waals surface area (Å²) in [6.45, 7) is 0. The lowest BCUT2D eigenvalue weighted by Gasteiger charge is -2.09. The number of nitrogens with zero attached hydrogens (tertiary/aromatic N) is 1. The molecule has 6 heteroatoms. The van der Waals surface area contributed by atoms with Crippen LogP contribution >= 0.6 is 11.3 Å². The first-order valence-electron chi connectivity index (χ1n) is 7.26. The standard InChI is InChI=1S/C17H16N2O3S/c1-21-13-7-6-10(8-14(13)22-2)16(20)19-17-12(9-18)11-4-3-5-15(11)23-17/h6-8H,3-5H2,1-2H3,(H,19,20). The summed E-state index contributed by atoms with van der Waals surface area (Å²) in [6.07, 6.45) is 2.99. The van der Waals surface area contributed by atoms with Gasteiger partial charge in [-0.2, -0.15) is 5.26 Å². The van der Waals surface area contributed by atoms with Gasteiger partial charge in [-0.25, -0.2) is 0 Å². The number of aryl methyl sites for hydroxylation is 1. The number of carbonyl (C=O) groups is 1. The van der Waals surface area contributed by atoms with Crippen molar-refractivity contribution in [3.8, 4) is 17.6 Å². The number of anilines is 1. The minimum absolute atomic E-state index is 0.262. The van der Waals surface area contributed by atoms with Crippen molar-refractivity contribution in [2.24, 2.45) is 0 Å². The lowest BCUT2D eigenvalue weighted by Crippen LogP contribution is -2.12. The van der Waals surface area contributed by atoms with E-state index in [-0.39, 0.29) is 5.91 Å². The third-order valence-electron chi connectivity index (χ3n) is 3.91. The molecule has 1 aliphatic rings. The Balaban J connectivity index is 1.87. The Morgan fingerprint density at radius 2 is 2.04 bits per heavy atom. The Labute approximate surface area is 138 Å². The minimum Gasteiger partial charge on any atom is -0.493 e. The predicted octanol–water partition coefficient (Wildman–Crippen LogP) is 3.38. The van der Waals surface area contributed by atoms with Gasteiger partial charge in [0.15, 0.2) is 11.5 Å². The smallest absolute Gasteiger partial charge is 0.256 e. The first kappa shape index (κ1) is 15.4. The number of fused-ring (bicyclic) bond motifs is 1. The molecule has 23 heavy (non-hydrogen) atoms. The van der Waals surface area contributed by atoms with Crippen LogP contribution in [0.15, 0.2) is 18.2 Å². The predicted molar refractivity (Wildman–Crippen MR) is 88.6 cm³/mol. The number of carbonyl (C=O) groups excluding carboxylic acids is 1. The Bertz CT molecular complexity index is 805.